The molecule has 0 amide bonds. The highest BCUT2D eigenvalue weighted by Gasteiger charge is 2.04. The van der Waals surface area contributed by atoms with E-state index in [-0.39, 0.29) is 21.7 Å². The van der Waals surface area contributed by atoms with Crippen molar-refractivity contribution in [2.75, 3.05) is 0 Å². The Labute approximate surface area is 113 Å². The zero-order valence-corrected chi connectivity index (χ0v) is 10.9. The third-order valence-electron chi connectivity index (χ3n) is 2.42. The molecule has 0 bridgehead atoms. The highest BCUT2D eigenvalue weighted by atomic mass is 79.9. The van der Waals surface area contributed by atoms with Crippen LogP contribution in [0.25, 0.3) is 12.2 Å². The molecule has 2 rings (SSSR count). The molecule has 3 N–H and O–H groups in total. The lowest BCUT2D eigenvalue weighted by atomic mass is 10.1. The molecule has 0 saturated carbocycles. The van der Waals surface area contributed by atoms with Crippen LogP contribution in [0.3, 0.4) is 0 Å². The number of hydrogen-bond donors (Lipinski definition) is 3. The lowest BCUT2D eigenvalue weighted by Gasteiger charge is -2.02. The zero-order valence-electron chi connectivity index (χ0n) is 9.34. The summed E-state index contributed by atoms with van der Waals surface area (Å²) >= 11 is 3.07. The van der Waals surface area contributed by atoms with E-state index in [9.17, 15) is 10.2 Å². The first-order valence-corrected chi connectivity index (χ1v) is 6.04. The zero-order chi connectivity index (χ0) is 13.1. The Bertz CT molecular complexity index is 565. The van der Waals surface area contributed by atoms with Crippen molar-refractivity contribution in [3.8, 4) is 17.2 Å². The van der Waals surface area contributed by atoms with Gasteiger partial charge in [0.05, 0.1) is 0 Å². The highest BCUT2D eigenvalue weighted by Crippen LogP contribution is 2.34. The van der Waals surface area contributed by atoms with Gasteiger partial charge in [0.1, 0.15) is 21.7 Å². The molecule has 0 radical (unpaired) electrons. The highest BCUT2D eigenvalue weighted by molar-refractivity contribution is 9.10. The summed E-state index contributed by atoms with van der Waals surface area (Å²) in [5.41, 5.74) is 1.59. The minimum atomic E-state index is -0.0136. The van der Waals surface area contributed by atoms with Crippen LogP contribution in [0.2, 0.25) is 0 Å². The van der Waals surface area contributed by atoms with Crippen molar-refractivity contribution in [1.82, 2.24) is 0 Å². The van der Waals surface area contributed by atoms with E-state index < -0.39 is 0 Å². The van der Waals surface area contributed by atoms with Crippen LogP contribution in [-0.4, -0.2) is 15.3 Å². The van der Waals surface area contributed by atoms with Crippen LogP contribution in [0, 0.1) is 0 Å². The molecular weight excluding hydrogens is 296 g/mol. The predicted molar refractivity (Wildman–Crippen MR) is 74.5 cm³/mol. The van der Waals surface area contributed by atoms with Crippen LogP contribution in [-0.2, 0) is 0 Å². The van der Waals surface area contributed by atoms with Crippen LogP contribution >= 0.6 is 15.9 Å². The Kier molecular flexibility index (Phi) is 3.58. The number of phenols is 3. The minimum absolute atomic E-state index is 0.0136. The average Bonchev–Trinajstić information content (AvgIpc) is 2.35. The van der Waals surface area contributed by atoms with E-state index in [1.54, 1.807) is 42.5 Å². The fourth-order valence-corrected chi connectivity index (χ4v) is 1.72. The number of rotatable bonds is 2. The van der Waals surface area contributed by atoms with Gasteiger partial charge >= 0.3 is 0 Å². The second-order valence-electron chi connectivity index (χ2n) is 3.80. The maximum absolute atomic E-state index is 9.54. The first-order valence-electron chi connectivity index (χ1n) is 5.25. The van der Waals surface area contributed by atoms with Crippen molar-refractivity contribution < 1.29 is 15.3 Å². The topological polar surface area (TPSA) is 60.7 Å². The van der Waals surface area contributed by atoms with Gasteiger partial charge in [0.15, 0.2) is 0 Å². The van der Waals surface area contributed by atoms with Gasteiger partial charge in [0.25, 0.3) is 0 Å². The van der Waals surface area contributed by atoms with Gasteiger partial charge in [0.2, 0.25) is 0 Å². The Hall–Kier alpha value is -1.94. The molecule has 0 aliphatic heterocycles. The molecule has 0 spiro atoms. The van der Waals surface area contributed by atoms with Crippen molar-refractivity contribution in [3.63, 3.8) is 0 Å². The van der Waals surface area contributed by atoms with Gasteiger partial charge in [0, 0.05) is 0 Å². The standard InChI is InChI=1S/C14H11BrO3/c15-14-12(17)7-10(8-13(14)18)2-1-9-3-5-11(16)6-4-9/h1-8,16-18H/b2-1-. The number of phenolic OH excluding ortho intramolecular Hbond substituents is 3. The number of hydrogen-bond acceptors (Lipinski definition) is 3. The smallest absolute Gasteiger partial charge is 0.134 e. The molecule has 3 nitrogen and oxygen atoms in total. The monoisotopic (exact) mass is 306 g/mol. The van der Waals surface area contributed by atoms with Gasteiger partial charge in [-0.1, -0.05) is 24.3 Å². The molecule has 2 aromatic carbocycles. The van der Waals surface area contributed by atoms with E-state index in [4.69, 9.17) is 5.11 Å². The lowest BCUT2D eigenvalue weighted by Crippen LogP contribution is -1.77. The van der Waals surface area contributed by atoms with Crippen molar-refractivity contribution >= 4 is 28.1 Å². The summed E-state index contributed by atoms with van der Waals surface area (Å²) in [6, 6.07) is 9.81. The molecule has 0 aromatic heterocycles. The number of benzene rings is 2. The van der Waals surface area contributed by atoms with E-state index in [0.29, 0.717) is 5.56 Å². The molecule has 92 valence electrons. The molecule has 18 heavy (non-hydrogen) atoms. The lowest BCUT2D eigenvalue weighted by molar-refractivity contribution is 0.444. The number of halogens is 1. The summed E-state index contributed by atoms with van der Waals surface area (Å²) in [6.45, 7) is 0. The van der Waals surface area contributed by atoms with Gasteiger partial charge in [-0.3, -0.25) is 0 Å². The van der Waals surface area contributed by atoms with Crippen LogP contribution in [0.5, 0.6) is 17.2 Å². The first-order chi connectivity index (χ1) is 8.56. The van der Waals surface area contributed by atoms with Crippen molar-refractivity contribution in [3.05, 3.63) is 52.0 Å². The fourth-order valence-electron chi connectivity index (χ4n) is 1.49. The van der Waals surface area contributed by atoms with Gasteiger partial charge in [-0.05, 0) is 51.3 Å². The Balaban J connectivity index is 2.26. The maximum atomic E-state index is 9.54. The molecule has 0 fully saturated rings. The largest absolute Gasteiger partial charge is 0.508 e. The van der Waals surface area contributed by atoms with E-state index in [1.807, 2.05) is 6.08 Å². The summed E-state index contributed by atoms with van der Waals surface area (Å²) in [5.74, 6) is 0.187. The van der Waals surface area contributed by atoms with Gasteiger partial charge in [-0.15, -0.1) is 0 Å². The third-order valence-corrected chi connectivity index (χ3v) is 3.23. The summed E-state index contributed by atoms with van der Waals surface area (Å²) in [5, 5.41) is 28.2. The molecule has 4 heteroatoms. The summed E-state index contributed by atoms with van der Waals surface area (Å²) in [7, 11) is 0. The fraction of sp³-hybridized carbons (Fsp3) is 0. The third kappa shape index (κ3) is 2.84. The van der Waals surface area contributed by atoms with E-state index in [2.05, 4.69) is 15.9 Å². The molecule has 0 atom stereocenters. The summed E-state index contributed by atoms with van der Waals surface area (Å²) < 4.78 is 0.282. The van der Waals surface area contributed by atoms with Crippen LogP contribution in [0.4, 0.5) is 0 Å². The quantitative estimate of drug-likeness (QED) is 0.741. The van der Waals surface area contributed by atoms with E-state index >= 15 is 0 Å². The summed E-state index contributed by atoms with van der Waals surface area (Å²) in [6.07, 6.45) is 3.58. The SMILES string of the molecule is Oc1ccc(/C=C\c2cc(O)c(Br)c(O)c2)cc1. The minimum Gasteiger partial charge on any atom is -0.508 e. The normalized spacial score (nSPS) is 10.9. The van der Waals surface area contributed by atoms with Gasteiger partial charge in [-0.2, -0.15) is 0 Å². The Morgan fingerprint density at radius 2 is 1.28 bits per heavy atom. The first kappa shape index (κ1) is 12.5. The van der Waals surface area contributed by atoms with Crippen molar-refractivity contribution in [1.29, 1.82) is 0 Å². The van der Waals surface area contributed by atoms with Crippen LogP contribution in [0.1, 0.15) is 11.1 Å². The Morgan fingerprint density at radius 1 is 0.778 bits per heavy atom. The maximum Gasteiger partial charge on any atom is 0.134 e. The predicted octanol–water partition coefficient (Wildman–Crippen LogP) is 3.74. The van der Waals surface area contributed by atoms with E-state index in [1.165, 1.54) is 0 Å². The molecule has 0 heterocycles. The van der Waals surface area contributed by atoms with Gasteiger partial charge < -0.3 is 15.3 Å². The second kappa shape index (κ2) is 5.14. The molecule has 0 unspecified atom stereocenters. The van der Waals surface area contributed by atoms with Crippen LogP contribution in [0.15, 0.2) is 40.9 Å². The molecular formula is C14H11BrO3. The second-order valence-corrected chi connectivity index (χ2v) is 4.59. The van der Waals surface area contributed by atoms with Crippen LogP contribution < -0.4 is 0 Å². The molecule has 2 aromatic rings. The average molecular weight is 307 g/mol. The Morgan fingerprint density at radius 3 is 1.83 bits per heavy atom. The van der Waals surface area contributed by atoms with E-state index in [0.717, 1.165) is 5.56 Å². The molecule has 0 aliphatic carbocycles. The summed E-state index contributed by atoms with van der Waals surface area (Å²) in [4.78, 5) is 0. The van der Waals surface area contributed by atoms with Crippen molar-refractivity contribution in [2.45, 2.75) is 0 Å². The number of aromatic hydroxyl groups is 3. The molecule has 0 saturated heterocycles. The van der Waals surface area contributed by atoms with Gasteiger partial charge in [-0.25, -0.2) is 0 Å². The van der Waals surface area contributed by atoms with Crippen molar-refractivity contribution in [2.24, 2.45) is 0 Å². The molecule has 0 aliphatic rings.